The van der Waals surface area contributed by atoms with Gasteiger partial charge in [-0.15, -0.1) is 0 Å². The third-order valence-corrected chi connectivity index (χ3v) is 6.52. The van der Waals surface area contributed by atoms with Gasteiger partial charge in [0, 0.05) is 6.04 Å². The molecule has 0 spiro atoms. The van der Waals surface area contributed by atoms with Crippen molar-refractivity contribution in [2.24, 2.45) is 0 Å². The topological polar surface area (TPSA) is 101 Å². The van der Waals surface area contributed by atoms with Gasteiger partial charge in [-0.3, -0.25) is 0 Å². The van der Waals surface area contributed by atoms with Gasteiger partial charge in [0.05, 0.1) is 23.0 Å². The van der Waals surface area contributed by atoms with Crippen molar-refractivity contribution < 1.29 is 21.9 Å². The lowest BCUT2D eigenvalue weighted by atomic mass is 10.2. The lowest BCUT2D eigenvalue weighted by Gasteiger charge is -2.22. The monoisotopic (exact) mass is 319 g/mol. The molecule has 1 unspecified atom stereocenters. The van der Waals surface area contributed by atoms with Crippen LogP contribution in [0.5, 0.6) is 0 Å². The van der Waals surface area contributed by atoms with Crippen LogP contribution in [0.1, 0.15) is 18.4 Å². The number of sulfone groups is 1. The summed E-state index contributed by atoms with van der Waals surface area (Å²) in [5.41, 5.74) is 0.490. The van der Waals surface area contributed by atoms with Crippen LogP contribution < -0.4 is 4.72 Å². The van der Waals surface area contributed by atoms with Crippen LogP contribution in [0.15, 0.2) is 29.2 Å². The third-order valence-electron chi connectivity index (χ3n) is 3.18. The number of aliphatic hydroxyl groups is 1. The molecule has 1 atom stereocenters. The zero-order valence-electron chi connectivity index (χ0n) is 10.8. The van der Waals surface area contributed by atoms with E-state index >= 15 is 0 Å². The van der Waals surface area contributed by atoms with Crippen molar-refractivity contribution in [1.82, 2.24) is 4.72 Å². The Hall–Kier alpha value is -0.960. The van der Waals surface area contributed by atoms with Crippen molar-refractivity contribution in [3.8, 4) is 0 Å². The van der Waals surface area contributed by atoms with E-state index in [1.54, 1.807) is 6.07 Å². The van der Waals surface area contributed by atoms with Crippen LogP contribution in [0.25, 0.3) is 0 Å². The lowest BCUT2D eigenvalue weighted by molar-refractivity contribution is 0.281. The molecular formula is C12H17NO5S2. The van der Waals surface area contributed by atoms with Crippen LogP contribution in [0.4, 0.5) is 0 Å². The van der Waals surface area contributed by atoms with Crippen molar-refractivity contribution >= 4 is 19.9 Å². The molecule has 6 nitrogen and oxygen atoms in total. The van der Waals surface area contributed by atoms with Crippen LogP contribution >= 0.6 is 0 Å². The number of benzene rings is 1. The van der Waals surface area contributed by atoms with Crippen molar-refractivity contribution in [3.05, 3.63) is 29.8 Å². The molecule has 2 N–H and O–H groups in total. The molecular weight excluding hydrogens is 302 g/mol. The van der Waals surface area contributed by atoms with E-state index in [1.807, 2.05) is 0 Å². The molecule has 0 radical (unpaired) electrons. The van der Waals surface area contributed by atoms with Crippen LogP contribution in [0, 0.1) is 0 Å². The zero-order valence-corrected chi connectivity index (χ0v) is 12.5. The van der Waals surface area contributed by atoms with Gasteiger partial charge in [-0.1, -0.05) is 12.1 Å². The molecule has 0 aliphatic carbocycles. The van der Waals surface area contributed by atoms with E-state index in [9.17, 15) is 16.8 Å². The summed E-state index contributed by atoms with van der Waals surface area (Å²) in [6.07, 6.45) is 0.977. The highest BCUT2D eigenvalue weighted by molar-refractivity contribution is 7.91. The first-order chi connectivity index (χ1) is 9.32. The number of aliphatic hydroxyl groups excluding tert-OH is 1. The summed E-state index contributed by atoms with van der Waals surface area (Å²) < 4.78 is 49.8. The molecule has 1 aromatic rings. The fourth-order valence-corrected chi connectivity index (χ4v) is 5.30. The predicted molar refractivity (Wildman–Crippen MR) is 74.4 cm³/mol. The Labute approximate surface area is 118 Å². The number of nitrogens with one attached hydrogen (secondary N) is 1. The summed E-state index contributed by atoms with van der Waals surface area (Å²) >= 11 is 0. The molecule has 0 bridgehead atoms. The van der Waals surface area contributed by atoms with Gasteiger partial charge in [0.2, 0.25) is 10.0 Å². The predicted octanol–water partition coefficient (Wildman–Crippen LogP) is 0.0344. The van der Waals surface area contributed by atoms with Crippen molar-refractivity contribution in [1.29, 1.82) is 0 Å². The summed E-state index contributed by atoms with van der Waals surface area (Å²) in [6.45, 7) is -0.249. The molecule has 1 saturated heterocycles. The van der Waals surface area contributed by atoms with Gasteiger partial charge in [0.15, 0.2) is 9.84 Å². The minimum atomic E-state index is -3.77. The summed E-state index contributed by atoms with van der Waals surface area (Å²) in [5.74, 6) is -0.0445. The first kappa shape index (κ1) is 15.4. The molecule has 1 heterocycles. The first-order valence-electron chi connectivity index (χ1n) is 6.25. The normalized spacial score (nSPS) is 22.6. The molecule has 20 heavy (non-hydrogen) atoms. The van der Waals surface area contributed by atoms with Gasteiger partial charge in [-0.25, -0.2) is 21.6 Å². The maximum atomic E-state index is 12.2. The highest BCUT2D eigenvalue weighted by Crippen LogP contribution is 2.17. The largest absolute Gasteiger partial charge is 0.392 e. The molecule has 2 rings (SSSR count). The van der Waals surface area contributed by atoms with Crippen LogP contribution in [0.2, 0.25) is 0 Å². The summed E-state index contributed by atoms with van der Waals surface area (Å²) in [7, 11) is -6.93. The van der Waals surface area contributed by atoms with E-state index in [0.717, 1.165) is 0 Å². The second-order valence-electron chi connectivity index (χ2n) is 4.88. The fourth-order valence-electron chi connectivity index (χ4n) is 2.21. The standard InChI is InChI=1S/C12H17NO5S2/c14-8-10-3-1-5-12(7-10)20(17,18)13-11-4-2-6-19(15,16)9-11/h1,3,5,7,11,13-14H,2,4,6,8-9H2. The van der Waals surface area contributed by atoms with Gasteiger partial charge in [0.25, 0.3) is 0 Å². The van der Waals surface area contributed by atoms with Crippen molar-refractivity contribution in [2.45, 2.75) is 30.4 Å². The second-order valence-corrected chi connectivity index (χ2v) is 8.82. The third kappa shape index (κ3) is 3.78. The van der Waals surface area contributed by atoms with Gasteiger partial charge < -0.3 is 5.11 Å². The van der Waals surface area contributed by atoms with Crippen LogP contribution in [-0.4, -0.2) is 39.5 Å². The Kier molecular flexibility index (Phi) is 4.48. The average Bonchev–Trinajstić information content (AvgIpc) is 2.37. The highest BCUT2D eigenvalue weighted by atomic mass is 32.2. The molecule has 0 aromatic heterocycles. The first-order valence-corrected chi connectivity index (χ1v) is 9.55. The maximum absolute atomic E-state index is 12.2. The highest BCUT2D eigenvalue weighted by Gasteiger charge is 2.28. The van der Waals surface area contributed by atoms with Crippen LogP contribution in [0.3, 0.4) is 0 Å². The van der Waals surface area contributed by atoms with Crippen molar-refractivity contribution in [3.63, 3.8) is 0 Å². The van der Waals surface area contributed by atoms with Gasteiger partial charge in [-0.05, 0) is 30.5 Å². The Bertz CT molecular complexity index is 682. The second kappa shape index (κ2) is 5.80. The minimum absolute atomic E-state index is 0.0343. The Morgan fingerprint density at radius 1 is 1.35 bits per heavy atom. The lowest BCUT2D eigenvalue weighted by Crippen LogP contribution is -2.43. The number of hydrogen-bond acceptors (Lipinski definition) is 5. The molecule has 1 fully saturated rings. The van der Waals surface area contributed by atoms with Gasteiger partial charge in [0.1, 0.15) is 0 Å². The molecule has 0 amide bonds. The molecule has 8 heteroatoms. The van der Waals surface area contributed by atoms with Gasteiger partial charge in [-0.2, -0.15) is 0 Å². The Balaban J connectivity index is 2.18. The smallest absolute Gasteiger partial charge is 0.240 e. The van der Waals surface area contributed by atoms with E-state index in [0.29, 0.717) is 18.4 Å². The maximum Gasteiger partial charge on any atom is 0.240 e. The summed E-state index contributed by atoms with van der Waals surface area (Å²) in [6, 6.07) is 5.36. The molecule has 112 valence electrons. The van der Waals surface area contributed by atoms with E-state index < -0.39 is 25.9 Å². The number of rotatable bonds is 4. The average molecular weight is 319 g/mol. The number of hydrogen-bond donors (Lipinski definition) is 2. The Morgan fingerprint density at radius 2 is 2.10 bits per heavy atom. The van der Waals surface area contributed by atoms with E-state index in [4.69, 9.17) is 5.11 Å². The molecule has 1 aromatic carbocycles. The summed E-state index contributed by atoms with van der Waals surface area (Å²) in [4.78, 5) is 0.0343. The van der Waals surface area contributed by atoms with Gasteiger partial charge >= 0.3 is 0 Å². The van der Waals surface area contributed by atoms with E-state index in [1.165, 1.54) is 18.2 Å². The quantitative estimate of drug-likeness (QED) is 0.816. The fraction of sp³-hybridized carbons (Fsp3) is 0.500. The minimum Gasteiger partial charge on any atom is -0.392 e. The van der Waals surface area contributed by atoms with Crippen LogP contribution in [-0.2, 0) is 26.5 Å². The van der Waals surface area contributed by atoms with E-state index in [-0.39, 0.29) is 23.0 Å². The zero-order chi connectivity index (χ0) is 14.8. The molecule has 0 saturated carbocycles. The number of sulfonamides is 1. The molecule has 1 aliphatic rings. The van der Waals surface area contributed by atoms with E-state index in [2.05, 4.69) is 4.72 Å². The van der Waals surface area contributed by atoms with Crippen molar-refractivity contribution in [2.75, 3.05) is 11.5 Å². The SMILES string of the molecule is O=S1(=O)CCCC(NS(=O)(=O)c2cccc(CO)c2)C1. The Morgan fingerprint density at radius 3 is 2.75 bits per heavy atom. The molecule has 1 aliphatic heterocycles. The summed E-state index contributed by atoms with van der Waals surface area (Å²) in [5, 5.41) is 9.02.